The lowest BCUT2D eigenvalue weighted by Gasteiger charge is -2.23. The molecule has 0 aromatic heterocycles. The molecule has 1 aliphatic heterocycles. The van der Waals surface area contributed by atoms with Crippen LogP contribution < -0.4 is 9.47 Å². The summed E-state index contributed by atoms with van der Waals surface area (Å²) in [4.78, 5) is 26.4. The minimum Gasteiger partial charge on any atom is -0.497 e. The molecular formula is C21H23NO6. The van der Waals surface area contributed by atoms with Crippen LogP contribution in [-0.4, -0.2) is 49.9 Å². The molecule has 2 atom stereocenters. The SMILES string of the molecule is COc1ccc(CN(COC(=O)c2ccccc2)C(=O)[C@@H]2O[C@@H]2C)c(OC)c1. The van der Waals surface area contributed by atoms with Gasteiger partial charge >= 0.3 is 5.97 Å². The Morgan fingerprint density at radius 3 is 2.39 bits per heavy atom. The van der Waals surface area contributed by atoms with Crippen LogP contribution in [0.15, 0.2) is 48.5 Å². The molecular weight excluding hydrogens is 362 g/mol. The molecule has 0 N–H and O–H groups in total. The van der Waals surface area contributed by atoms with E-state index >= 15 is 0 Å². The van der Waals surface area contributed by atoms with Crippen LogP contribution >= 0.6 is 0 Å². The normalized spacial score (nSPS) is 17.5. The smallest absolute Gasteiger partial charge is 0.339 e. The zero-order valence-corrected chi connectivity index (χ0v) is 16.1. The van der Waals surface area contributed by atoms with E-state index in [-0.39, 0.29) is 25.3 Å². The van der Waals surface area contributed by atoms with Crippen LogP contribution in [0.1, 0.15) is 22.8 Å². The quantitative estimate of drug-likeness (QED) is 0.395. The molecule has 0 aliphatic carbocycles. The highest BCUT2D eigenvalue weighted by Gasteiger charge is 2.43. The maximum absolute atomic E-state index is 12.7. The third-order valence-corrected chi connectivity index (χ3v) is 4.48. The first-order valence-corrected chi connectivity index (χ1v) is 8.90. The van der Waals surface area contributed by atoms with Crippen LogP contribution in [0.2, 0.25) is 0 Å². The molecule has 1 heterocycles. The molecule has 0 spiro atoms. The van der Waals surface area contributed by atoms with Gasteiger partial charge in [0.2, 0.25) is 0 Å². The predicted molar refractivity (Wildman–Crippen MR) is 101 cm³/mol. The van der Waals surface area contributed by atoms with Gasteiger partial charge in [-0.1, -0.05) is 18.2 Å². The number of benzene rings is 2. The van der Waals surface area contributed by atoms with Gasteiger partial charge in [-0.3, -0.25) is 4.79 Å². The first kappa shape index (κ1) is 19.7. The van der Waals surface area contributed by atoms with E-state index in [9.17, 15) is 9.59 Å². The molecule has 3 rings (SSSR count). The van der Waals surface area contributed by atoms with E-state index in [1.165, 1.54) is 4.90 Å². The average Bonchev–Trinajstić information content (AvgIpc) is 3.47. The number of ether oxygens (including phenoxy) is 4. The molecule has 148 valence electrons. The van der Waals surface area contributed by atoms with Gasteiger partial charge in [0.25, 0.3) is 5.91 Å². The summed E-state index contributed by atoms with van der Waals surface area (Å²) >= 11 is 0. The molecule has 28 heavy (non-hydrogen) atoms. The fourth-order valence-electron chi connectivity index (χ4n) is 2.79. The number of nitrogens with zero attached hydrogens (tertiary/aromatic N) is 1. The highest BCUT2D eigenvalue weighted by atomic mass is 16.6. The summed E-state index contributed by atoms with van der Waals surface area (Å²) in [7, 11) is 3.12. The molecule has 0 bridgehead atoms. The minimum absolute atomic E-state index is 0.141. The minimum atomic E-state index is -0.514. The summed E-state index contributed by atoms with van der Waals surface area (Å²) < 4.78 is 21.3. The summed E-state index contributed by atoms with van der Waals surface area (Å²) in [6.45, 7) is 1.85. The lowest BCUT2D eigenvalue weighted by Crippen LogP contribution is -2.37. The van der Waals surface area contributed by atoms with Crippen LogP contribution in [0.5, 0.6) is 11.5 Å². The van der Waals surface area contributed by atoms with E-state index in [0.29, 0.717) is 17.1 Å². The maximum Gasteiger partial charge on any atom is 0.339 e. The molecule has 7 nitrogen and oxygen atoms in total. The van der Waals surface area contributed by atoms with Crippen molar-refractivity contribution in [1.82, 2.24) is 4.90 Å². The van der Waals surface area contributed by atoms with Gasteiger partial charge in [-0.05, 0) is 31.2 Å². The monoisotopic (exact) mass is 385 g/mol. The average molecular weight is 385 g/mol. The molecule has 7 heteroatoms. The number of amides is 1. The van der Waals surface area contributed by atoms with E-state index < -0.39 is 12.1 Å². The fourth-order valence-corrected chi connectivity index (χ4v) is 2.79. The summed E-state index contributed by atoms with van der Waals surface area (Å²) in [5.41, 5.74) is 1.19. The zero-order valence-electron chi connectivity index (χ0n) is 16.1. The van der Waals surface area contributed by atoms with E-state index in [4.69, 9.17) is 18.9 Å². The van der Waals surface area contributed by atoms with E-state index in [1.54, 1.807) is 50.6 Å². The van der Waals surface area contributed by atoms with Gasteiger partial charge < -0.3 is 23.8 Å². The van der Waals surface area contributed by atoms with E-state index in [1.807, 2.05) is 19.1 Å². The molecule has 2 aromatic carbocycles. The van der Waals surface area contributed by atoms with E-state index in [2.05, 4.69) is 0 Å². The number of rotatable bonds is 8. The first-order chi connectivity index (χ1) is 13.5. The van der Waals surface area contributed by atoms with Gasteiger partial charge in [0.15, 0.2) is 12.8 Å². The van der Waals surface area contributed by atoms with Crippen molar-refractivity contribution in [2.45, 2.75) is 25.7 Å². The second-order valence-electron chi connectivity index (χ2n) is 6.40. The molecule has 1 amide bonds. The number of esters is 1. The van der Waals surface area contributed by atoms with Crippen LogP contribution in [-0.2, 0) is 20.8 Å². The highest BCUT2D eigenvalue weighted by Crippen LogP contribution is 2.28. The van der Waals surface area contributed by atoms with Gasteiger partial charge in [-0.2, -0.15) is 0 Å². The van der Waals surface area contributed by atoms with Crippen LogP contribution in [0.25, 0.3) is 0 Å². The predicted octanol–water partition coefficient (Wildman–Crippen LogP) is 2.63. The number of carbonyl (C=O) groups is 2. The van der Waals surface area contributed by atoms with Gasteiger partial charge in [-0.15, -0.1) is 0 Å². The lowest BCUT2D eigenvalue weighted by atomic mass is 10.1. The third-order valence-electron chi connectivity index (χ3n) is 4.48. The molecule has 1 aliphatic rings. The Labute approximate surface area is 163 Å². The van der Waals surface area contributed by atoms with Crippen molar-refractivity contribution in [2.24, 2.45) is 0 Å². The Morgan fingerprint density at radius 1 is 1.07 bits per heavy atom. The van der Waals surface area contributed by atoms with Crippen LogP contribution in [0, 0.1) is 0 Å². The molecule has 0 saturated carbocycles. The lowest BCUT2D eigenvalue weighted by molar-refractivity contribution is -0.137. The summed E-state index contributed by atoms with van der Waals surface area (Å²) in [5, 5.41) is 0. The standard InChI is InChI=1S/C21H23NO6/c1-14-19(28-14)20(23)22(13-27-21(24)15-7-5-4-6-8-15)12-16-9-10-17(25-2)11-18(16)26-3/h4-11,14,19H,12-13H2,1-3H3/t14-,19-/m1/s1. The van der Waals surface area contributed by atoms with Crippen molar-refractivity contribution in [1.29, 1.82) is 0 Å². The number of carbonyl (C=O) groups excluding carboxylic acids is 2. The number of epoxide rings is 1. The van der Waals surface area contributed by atoms with Gasteiger partial charge in [0, 0.05) is 11.6 Å². The number of hydrogen-bond donors (Lipinski definition) is 0. The highest BCUT2D eigenvalue weighted by molar-refractivity contribution is 5.89. The Balaban J connectivity index is 1.74. The molecule has 1 saturated heterocycles. The van der Waals surface area contributed by atoms with Gasteiger partial charge in [0.1, 0.15) is 11.5 Å². The molecule has 0 unspecified atom stereocenters. The molecule has 1 fully saturated rings. The third kappa shape index (κ3) is 4.61. The van der Waals surface area contributed by atoms with E-state index in [0.717, 1.165) is 5.56 Å². The zero-order chi connectivity index (χ0) is 20.1. The number of hydrogen-bond acceptors (Lipinski definition) is 6. The fraction of sp³-hybridized carbons (Fsp3) is 0.333. The van der Waals surface area contributed by atoms with Gasteiger partial charge in [0.05, 0.1) is 32.4 Å². The van der Waals surface area contributed by atoms with Crippen LogP contribution in [0.4, 0.5) is 0 Å². The Bertz CT molecular complexity index is 838. The van der Waals surface area contributed by atoms with Crippen molar-refractivity contribution < 1.29 is 28.5 Å². The van der Waals surface area contributed by atoms with Crippen LogP contribution in [0.3, 0.4) is 0 Å². The largest absolute Gasteiger partial charge is 0.497 e. The summed E-state index contributed by atoms with van der Waals surface area (Å²) in [5.74, 6) is 0.500. The Kier molecular flexibility index (Phi) is 6.16. The second-order valence-corrected chi connectivity index (χ2v) is 6.40. The van der Waals surface area contributed by atoms with Gasteiger partial charge in [-0.25, -0.2) is 4.79 Å². The second kappa shape index (κ2) is 8.75. The van der Waals surface area contributed by atoms with Crippen molar-refractivity contribution in [2.75, 3.05) is 21.0 Å². The van der Waals surface area contributed by atoms with Crippen molar-refractivity contribution in [3.05, 3.63) is 59.7 Å². The first-order valence-electron chi connectivity index (χ1n) is 8.90. The molecule has 0 radical (unpaired) electrons. The summed E-state index contributed by atoms with van der Waals surface area (Å²) in [6, 6.07) is 14.0. The van der Waals surface area contributed by atoms with Crippen molar-refractivity contribution in [3.63, 3.8) is 0 Å². The topological polar surface area (TPSA) is 77.6 Å². The maximum atomic E-state index is 12.7. The van der Waals surface area contributed by atoms with Crippen molar-refractivity contribution >= 4 is 11.9 Å². The molecule has 2 aromatic rings. The Hall–Kier alpha value is -3.06. The summed E-state index contributed by atoms with van der Waals surface area (Å²) in [6.07, 6.45) is -0.655. The van der Waals surface area contributed by atoms with Crippen molar-refractivity contribution in [3.8, 4) is 11.5 Å². The Morgan fingerprint density at radius 2 is 1.79 bits per heavy atom. The number of methoxy groups -OCH3 is 2.